The first-order valence-electron chi connectivity index (χ1n) is 5.33. The van der Waals surface area contributed by atoms with Crippen molar-refractivity contribution in [3.63, 3.8) is 0 Å². The van der Waals surface area contributed by atoms with Gasteiger partial charge in [-0.3, -0.25) is 4.68 Å². The standard InChI is InChI=1S/C12H16N4O/c1-16-7-11(13)12(15-16)14-10-5-3-4-9(6-10)8-17-2/h3-7H,8,13H2,1-2H3,(H,14,15). The van der Waals surface area contributed by atoms with Gasteiger partial charge in [-0.05, 0) is 17.7 Å². The molecule has 90 valence electrons. The number of aromatic nitrogens is 2. The number of benzene rings is 1. The lowest BCUT2D eigenvalue weighted by Gasteiger charge is -2.06. The lowest BCUT2D eigenvalue weighted by molar-refractivity contribution is 0.185. The zero-order valence-corrected chi connectivity index (χ0v) is 9.97. The van der Waals surface area contributed by atoms with Crippen molar-refractivity contribution in [2.24, 2.45) is 7.05 Å². The van der Waals surface area contributed by atoms with E-state index >= 15 is 0 Å². The zero-order chi connectivity index (χ0) is 12.3. The molecular formula is C12H16N4O. The predicted octanol–water partition coefficient (Wildman–Crippen LogP) is 1.89. The Labute approximate surface area is 100 Å². The second-order valence-corrected chi connectivity index (χ2v) is 3.87. The highest BCUT2D eigenvalue weighted by Crippen LogP contribution is 2.21. The summed E-state index contributed by atoms with van der Waals surface area (Å²) < 4.78 is 6.77. The van der Waals surface area contributed by atoms with Crippen LogP contribution in [0.2, 0.25) is 0 Å². The summed E-state index contributed by atoms with van der Waals surface area (Å²) in [6.45, 7) is 0.590. The van der Waals surface area contributed by atoms with Gasteiger partial charge in [0.2, 0.25) is 0 Å². The van der Waals surface area contributed by atoms with Crippen LogP contribution in [0.3, 0.4) is 0 Å². The van der Waals surface area contributed by atoms with Crippen molar-refractivity contribution in [2.75, 3.05) is 18.2 Å². The van der Waals surface area contributed by atoms with Crippen molar-refractivity contribution >= 4 is 17.2 Å². The van der Waals surface area contributed by atoms with E-state index in [1.807, 2.05) is 31.3 Å². The molecule has 1 aromatic carbocycles. The van der Waals surface area contributed by atoms with Crippen molar-refractivity contribution in [3.05, 3.63) is 36.0 Å². The monoisotopic (exact) mass is 232 g/mol. The van der Waals surface area contributed by atoms with Crippen LogP contribution in [0.1, 0.15) is 5.56 Å². The first-order chi connectivity index (χ1) is 8.19. The Morgan fingerprint density at radius 2 is 2.29 bits per heavy atom. The molecule has 0 aliphatic rings. The minimum absolute atomic E-state index is 0.590. The van der Waals surface area contributed by atoms with Crippen LogP contribution in [-0.4, -0.2) is 16.9 Å². The van der Waals surface area contributed by atoms with Gasteiger partial charge in [0, 0.05) is 26.0 Å². The Kier molecular flexibility index (Phi) is 3.30. The van der Waals surface area contributed by atoms with Crippen LogP contribution in [0, 0.1) is 0 Å². The zero-order valence-electron chi connectivity index (χ0n) is 9.97. The lowest BCUT2D eigenvalue weighted by Crippen LogP contribution is -1.97. The minimum atomic E-state index is 0.590. The Bertz CT molecular complexity index is 507. The van der Waals surface area contributed by atoms with Gasteiger partial charge in [-0.25, -0.2) is 0 Å². The topological polar surface area (TPSA) is 65.1 Å². The van der Waals surface area contributed by atoms with E-state index in [2.05, 4.69) is 10.4 Å². The highest BCUT2D eigenvalue weighted by Gasteiger charge is 2.04. The van der Waals surface area contributed by atoms with E-state index in [1.54, 1.807) is 18.0 Å². The molecule has 17 heavy (non-hydrogen) atoms. The van der Waals surface area contributed by atoms with Crippen LogP contribution in [0.5, 0.6) is 0 Å². The highest BCUT2D eigenvalue weighted by atomic mass is 16.5. The summed E-state index contributed by atoms with van der Waals surface area (Å²) in [7, 11) is 3.51. The number of anilines is 3. The van der Waals surface area contributed by atoms with Crippen molar-refractivity contribution < 1.29 is 4.74 Å². The maximum Gasteiger partial charge on any atom is 0.175 e. The third-order valence-corrected chi connectivity index (χ3v) is 2.36. The molecule has 3 N–H and O–H groups in total. The summed E-state index contributed by atoms with van der Waals surface area (Å²) in [5.41, 5.74) is 8.50. The summed E-state index contributed by atoms with van der Waals surface area (Å²) in [6, 6.07) is 7.96. The summed E-state index contributed by atoms with van der Waals surface area (Å²) in [5.74, 6) is 0.669. The van der Waals surface area contributed by atoms with E-state index in [0.717, 1.165) is 11.3 Å². The molecule has 0 fully saturated rings. The van der Waals surface area contributed by atoms with E-state index < -0.39 is 0 Å². The SMILES string of the molecule is COCc1cccc(Nc2nn(C)cc2N)c1. The van der Waals surface area contributed by atoms with Gasteiger partial charge < -0.3 is 15.8 Å². The molecule has 0 radical (unpaired) electrons. The number of hydrogen-bond acceptors (Lipinski definition) is 4. The number of nitrogen functional groups attached to an aromatic ring is 1. The van der Waals surface area contributed by atoms with E-state index in [0.29, 0.717) is 18.1 Å². The fraction of sp³-hybridized carbons (Fsp3) is 0.250. The Hall–Kier alpha value is -2.01. The smallest absolute Gasteiger partial charge is 0.175 e. The molecule has 0 saturated heterocycles. The maximum absolute atomic E-state index is 5.82. The molecular weight excluding hydrogens is 216 g/mol. The molecule has 5 nitrogen and oxygen atoms in total. The van der Waals surface area contributed by atoms with Gasteiger partial charge in [0.15, 0.2) is 5.82 Å². The molecule has 2 aromatic rings. The minimum Gasteiger partial charge on any atom is -0.394 e. The van der Waals surface area contributed by atoms with Gasteiger partial charge in [-0.1, -0.05) is 12.1 Å². The third kappa shape index (κ3) is 2.76. The van der Waals surface area contributed by atoms with Crippen LogP contribution in [-0.2, 0) is 18.4 Å². The highest BCUT2D eigenvalue weighted by molar-refractivity contribution is 5.68. The van der Waals surface area contributed by atoms with Gasteiger partial charge in [-0.15, -0.1) is 0 Å². The van der Waals surface area contributed by atoms with Gasteiger partial charge in [0.1, 0.15) is 0 Å². The number of nitrogens with zero attached hydrogens (tertiary/aromatic N) is 2. The fourth-order valence-corrected chi connectivity index (χ4v) is 1.65. The van der Waals surface area contributed by atoms with Crippen molar-refractivity contribution in [3.8, 4) is 0 Å². The number of nitrogens with two attached hydrogens (primary N) is 1. The van der Waals surface area contributed by atoms with Crippen LogP contribution in [0.25, 0.3) is 0 Å². The molecule has 0 unspecified atom stereocenters. The van der Waals surface area contributed by atoms with Crippen LogP contribution >= 0.6 is 0 Å². The molecule has 2 rings (SSSR count). The lowest BCUT2D eigenvalue weighted by atomic mass is 10.2. The molecule has 1 heterocycles. The normalized spacial score (nSPS) is 10.5. The van der Waals surface area contributed by atoms with E-state index in [1.165, 1.54) is 0 Å². The van der Waals surface area contributed by atoms with Crippen LogP contribution < -0.4 is 11.1 Å². The van der Waals surface area contributed by atoms with Gasteiger partial charge in [0.25, 0.3) is 0 Å². The third-order valence-electron chi connectivity index (χ3n) is 2.36. The van der Waals surface area contributed by atoms with Gasteiger partial charge >= 0.3 is 0 Å². The van der Waals surface area contributed by atoms with E-state index in [9.17, 15) is 0 Å². The number of nitrogens with one attached hydrogen (secondary N) is 1. The van der Waals surface area contributed by atoms with Crippen molar-refractivity contribution in [1.82, 2.24) is 9.78 Å². The molecule has 0 saturated carbocycles. The number of hydrogen-bond donors (Lipinski definition) is 2. The first-order valence-corrected chi connectivity index (χ1v) is 5.33. The summed E-state index contributed by atoms with van der Waals surface area (Å²) in [5, 5.41) is 7.41. The number of rotatable bonds is 4. The fourth-order valence-electron chi connectivity index (χ4n) is 1.65. The van der Waals surface area contributed by atoms with Gasteiger partial charge in [0.05, 0.1) is 12.3 Å². The Balaban J connectivity index is 2.18. The number of methoxy groups -OCH3 is 1. The Morgan fingerprint density at radius 1 is 1.47 bits per heavy atom. The molecule has 0 aliphatic carbocycles. The first kappa shape index (κ1) is 11.5. The summed E-state index contributed by atoms with van der Waals surface area (Å²) in [4.78, 5) is 0. The second kappa shape index (κ2) is 4.88. The maximum atomic E-state index is 5.82. The van der Waals surface area contributed by atoms with Crippen LogP contribution in [0.15, 0.2) is 30.5 Å². The van der Waals surface area contributed by atoms with E-state index in [4.69, 9.17) is 10.5 Å². The van der Waals surface area contributed by atoms with E-state index in [-0.39, 0.29) is 0 Å². The van der Waals surface area contributed by atoms with Gasteiger partial charge in [-0.2, -0.15) is 5.10 Å². The second-order valence-electron chi connectivity index (χ2n) is 3.87. The number of ether oxygens (including phenoxy) is 1. The molecule has 0 aliphatic heterocycles. The van der Waals surface area contributed by atoms with Crippen molar-refractivity contribution in [1.29, 1.82) is 0 Å². The summed E-state index contributed by atoms with van der Waals surface area (Å²) in [6.07, 6.45) is 1.77. The number of aryl methyl sites for hydroxylation is 1. The van der Waals surface area contributed by atoms with Crippen LogP contribution in [0.4, 0.5) is 17.2 Å². The summed E-state index contributed by atoms with van der Waals surface area (Å²) >= 11 is 0. The molecule has 0 bridgehead atoms. The molecule has 1 aromatic heterocycles. The Morgan fingerprint density at radius 3 is 2.94 bits per heavy atom. The van der Waals surface area contributed by atoms with Crippen molar-refractivity contribution in [2.45, 2.75) is 6.61 Å². The predicted molar refractivity (Wildman–Crippen MR) is 68.1 cm³/mol. The quantitative estimate of drug-likeness (QED) is 0.845. The molecule has 0 amide bonds. The molecule has 0 atom stereocenters. The molecule has 5 heteroatoms. The molecule has 0 spiro atoms. The average molecular weight is 232 g/mol. The average Bonchev–Trinajstić information content (AvgIpc) is 2.58. The largest absolute Gasteiger partial charge is 0.394 e.